The molecule has 0 spiro atoms. The molecule has 8 heteroatoms. The summed E-state index contributed by atoms with van der Waals surface area (Å²) in [6.07, 6.45) is 2.51. The normalized spacial score (nSPS) is 10.9. The van der Waals surface area contributed by atoms with Crippen molar-refractivity contribution in [3.05, 3.63) is 98.9 Å². The molecule has 174 valence electrons. The molecular formula is C26H24N2O5S. The number of aromatic nitrogens is 2. The predicted molar refractivity (Wildman–Crippen MR) is 130 cm³/mol. The second-order valence-electron chi connectivity index (χ2n) is 7.74. The average molecular weight is 477 g/mol. The molecule has 0 saturated carbocycles. The zero-order valence-electron chi connectivity index (χ0n) is 18.7. The largest absolute Gasteiger partial charge is 0.464 e. The van der Waals surface area contributed by atoms with Gasteiger partial charge in [-0.25, -0.2) is 9.78 Å². The molecule has 0 unspecified atom stereocenters. The van der Waals surface area contributed by atoms with E-state index >= 15 is 0 Å². The van der Waals surface area contributed by atoms with Crippen LogP contribution in [0.15, 0.2) is 71.8 Å². The van der Waals surface area contributed by atoms with E-state index in [-0.39, 0.29) is 25.3 Å². The zero-order chi connectivity index (χ0) is 23.9. The van der Waals surface area contributed by atoms with Gasteiger partial charge in [0.05, 0.1) is 24.9 Å². The molecule has 0 bridgehead atoms. The van der Waals surface area contributed by atoms with E-state index < -0.39 is 11.9 Å². The molecule has 2 aromatic carbocycles. The lowest BCUT2D eigenvalue weighted by Gasteiger charge is -2.07. The van der Waals surface area contributed by atoms with Crippen molar-refractivity contribution in [3.8, 4) is 0 Å². The summed E-state index contributed by atoms with van der Waals surface area (Å²) in [7, 11) is 0. The van der Waals surface area contributed by atoms with Crippen LogP contribution in [-0.4, -0.2) is 34.7 Å². The third-order valence-electron chi connectivity index (χ3n) is 5.37. The van der Waals surface area contributed by atoms with Crippen molar-refractivity contribution in [1.82, 2.24) is 9.55 Å². The Kier molecular flexibility index (Phi) is 7.49. The third-order valence-corrected chi connectivity index (χ3v) is 6.55. The molecule has 0 N–H and O–H groups in total. The van der Waals surface area contributed by atoms with Crippen molar-refractivity contribution in [3.63, 3.8) is 0 Å². The number of esters is 2. The molecule has 7 nitrogen and oxygen atoms in total. The first kappa shape index (κ1) is 23.4. The quantitative estimate of drug-likeness (QED) is 0.340. The van der Waals surface area contributed by atoms with Crippen LogP contribution in [0.3, 0.4) is 0 Å². The Labute approximate surface area is 200 Å². The zero-order valence-corrected chi connectivity index (χ0v) is 19.5. The first-order chi connectivity index (χ1) is 16.5. The maximum atomic E-state index is 13.0. The first-order valence-corrected chi connectivity index (χ1v) is 11.7. The molecular weight excluding hydrogens is 452 g/mol. The van der Waals surface area contributed by atoms with Gasteiger partial charge in [0.2, 0.25) is 0 Å². The standard InChI is InChI=1S/C26H24N2O5S/c1-18-22-24(34-23(18)26(31)33-15-13-20-10-6-3-7-11-20)27-17-28(25(22)30)16-21(29)32-14-12-19-8-4-2-5-9-19/h2-11,17H,12-16H2,1H3. The van der Waals surface area contributed by atoms with Gasteiger partial charge in [0.25, 0.3) is 5.56 Å². The fourth-order valence-corrected chi connectivity index (χ4v) is 4.58. The van der Waals surface area contributed by atoms with Crippen LogP contribution < -0.4 is 5.56 Å². The minimum absolute atomic E-state index is 0.226. The molecule has 0 aliphatic carbocycles. The molecule has 2 aromatic heterocycles. The van der Waals surface area contributed by atoms with Crippen molar-refractivity contribution >= 4 is 33.5 Å². The lowest BCUT2D eigenvalue weighted by molar-refractivity contribution is -0.144. The lowest BCUT2D eigenvalue weighted by atomic mass is 10.2. The van der Waals surface area contributed by atoms with Crippen LogP contribution in [0.25, 0.3) is 10.2 Å². The number of nitrogens with zero attached hydrogens (tertiary/aromatic N) is 2. The van der Waals surface area contributed by atoms with Crippen LogP contribution in [0, 0.1) is 6.92 Å². The highest BCUT2D eigenvalue weighted by Crippen LogP contribution is 2.27. The van der Waals surface area contributed by atoms with E-state index in [2.05, 4.69) is 4.98 Å². The first-order valence-electron chi connectivity index (χ1n) is 10.9. The highest BCUT2D eigenvalue weighted by Gasteiger charge is 2.21. The van der Waals surface area contributed by atoms with Crippen molar-refractivity contribution in [2.45, 2.75) is 26.3 Å². The van der Waals surface area contributed by atoms with Crippen molar-refractivity contribution in [2.75, 3.05) is 13.2 Å². The Bertz CT molecular complexity index is 1350. The van der Waals surface area contributed by atoms with Gasteiger partial charge in [-0.05, 0) is 23.6 Å². The Morgan fingerprint density at radius 1 is 0.912 bits per heavy atom. The Morgan fingerprint density at radius 2 is 1.50 bits per heavy atom. The number of carbonyl (C=O) groups is 2. The maximum Gasteiger partial charge on any atom is 0.348 e. The average Bonchev–Trinajstić information content (AvgIpc) is 3.19. The van der Waals surface area contributed by atoms with Gasteiger partial charge in [-0.3, -0.25) is 14.2 Å². The molecule has 0 amide bonds. The molecule has 0 aliphatic rings. The van der Waals surface area contributed by atoms with Crippen LogP contribution in [0.4, 0.5) is 0 Å². The number of carbonyl (C=O) groups excluding carboxylic acids is 2. The summed E-state index contributed by atoms with van der Waals surface area (Å²) in [5.74, 6) is -1.00. The summed E-state index contributed by atoms with van der Waals surface area (Å²) in [5, 5.41) is 0.319. The van der Waals surface area contributed by atoms with E-state index in [1.165, 1.54) is 10.9 Å². The summed E-state index contributed by atoms with van der Waals surface area (Å²) in [6.45, 7) is 1.91. The van der Waals surface area contributed by atoms with Crippen LogP contribution in [0.5, 0.6) is 0 Å². The summed E-state index contributed by atoms with van der Waals surface area (Å²) in [4.78, 5) is 42.9. The van der Waals surface area contributed by atoms with Crippen molar-refractivity contribution in [1.29, 1.82) is 0 Å². The molecule has 4 rings (SSSR count). The molecule has 2 heterocycles. The van der Waals surface area contributed by atoms with E-state index in [4.69, 9.17) is 9.47 Å². The van der Waals surface area contributed by atoms with Crippen LogP contribution in [0.1, 0.15) is 26.4 Å². The van der Waals surface area contributed by atoms with Gasteiger partial charge in [-0.2, -0.15) is 0 Å². The number of benzene rings is 2. The lowest BCUT2D eigenvalue weighted by Crippen LogP contribution is -2.26. The Balaban J connectivity index is 1.39. The van der Waals surface area contributed by atoms with E-state index in [9.17, 15) is 14.4 Å². The second-order valence-corrected chi connectivity index (χ2v) is 8.74. The number of rotatable bonds is 9. The fraction of sp³-hybridized carbons (Fsp3) is 0.231. The van der Waals surface area contributed by atoms with Gasteiger partial charge < -0.3 is 9.47 Å². The number of thiophene rings is 1. The van der Waals surface area contributed by atoms with Crippen molar-refractivity contribution in [2.24, 2.45) is 0 Å². The Hall–Kier alpha value is -3.78. The summed E-state index contributed by atoms with van der Waals surface area (Å²) in [6, 6.07) is 19.4. The number of hydrogen-bond donors (Lipinski definition) is 0. The van der Waals surface area contributed by atoms with Gasteiger partial charge in [0.1, 0.15) is 16.3 Å². The summed E-state index contributed by atoms with van der Waals surface area (Å²) >= 11 is 1.12. The smallest absolute Gasteiger partial charge is 0.348 e. The van der Waals surface area contributed by atoms with Gasteiger partial charge in [-0.15, -0.1) is 11.3 Å². The van der Waals surface area contributed by atoms with Crippen LogP contribution in [-0.2, 0) is 33.7 Å². The fourth-order valence-electron chi connectivity index (χ4n) is 3.55. The van der Waals surface area contributed by atoms with E-state index in [1.807, 2.05) is 60.7 Å². The highest BCUT2D eigenvalue weighted by molar-refractivity contribution is 7.20. The van der Waals surface area contributed by atoms with E-state index in [1.54, 1.807) is 6.92 Å². The van der Waals surface area contributed by atoms with Crippen molar-refractivity contribution < 1.29 is 19.1 Å². The van der Waals surface area contributed by atoms with E-state index in [0.29, 0.717) is 33.5 Å². The predicted octanol–water partition coefficient (Wildman–Crippen LogP) is 3.95. The molecule has 0 fully saturated rings. The molecule has 0 radical (unpaired) electrons. The molecule has 0 atom stereocenters. The minimum Gasteiger partial charge on any atom is -0.464 e. The third kappa shape index (κ3) is 5.58. The number of aryl methyl sites for hydroxylation is 1. The minimum atomic E-state index is -0.521. The summed E-state index contributed by atoms with van der Waals surface area (Å²) < 4.78 is 11.9. The van der Waals surface area contributed by atoms with E-state index in [0.717, 1.165) is 22.5 Å². The highest BCUT2D eigenvalue weighted by atomic mass is 32.1. The molecule has 0 saturated heterocycles. The molecule has 4 aromatic rings. The molecule has 0 aliphatic heterocycles. The maximum absolute atomic E-state index is 13.0. The van der Waals surface area contributed by atoms with Gasteiger partial charge >= 0.3 is 11.9 Å². The van der Waals surface area contributed by atoms with Gasteiger partial charge in [0.15, 0.2) is 0 Å². The number of ether oxygens (including phenoxy) is 2. The molecule has 34 heavy (non-hydrogen) atoms. The number of hydrogen-bond acceptors (Lipinski definition) is 7. The van der Waals surface area contributed by atoms with Crippen LogP contribution >= 0.6 is 11.3 Å². The van der Waals surface area contributed by atoms with Gasteiger partial charge in [0, 0.05) is 12.8 Å². The monoisotopic (exact) mass is 476 g/mol. The van der Waals surface area contributed by atoms with Gasteiger partial charge in [-0.1, -0.05) is 60.7 Å². The SMILES string of the molecule is Cc1c(C(=O)OCCc2ccccc2)sc2ncn(CC(=O)OCCc3ccccc3)c(=O)c12. The second kappa shape index (κ2) is 10.9. The van der Waals surface area contributed by atoms with Crippen LogP contribution in [0.2, 0.25) is 0 Å². The summed E-state index contributed by atoms with van der Waals surface area (Å²) in [5.41, 5.74) is 2.26. The topological polar surface area (TPSA) is 87.5 Å². The number of fused-ring (bicyclic) bond motifs is 1. The Morgan fingerprint density at radius 3 is 2.12 bits per heavy atom.